The van der Waals surface area contributed by atoms with E-state index in [1.165, 1.54) is 6.07 Å². The fourth-order valence-electron chi connectivity index (χ4n) is 2.17. The molecule has 0 unspecified atom stereocenters. The number of aryl methyl sites for hydroxylation is 2. The Labute approximate surface area is 136 Å². The van der Waals surface area contributed by atoms with Gasteiger partial charge < -0.3 is 4.55 Å². The molecule has 0 atom stereocenters. The van der Waals surface area contributed by atoms with Crippen molar-refractivity contribution < 1.29 is 42.5 Å². The quantitative estimate of drug-likeness (QED) is 0.583. The van der Waals surface area contributed by atoms with Crippen LogP contribution in [0.2, 0.25) is 0 Å². The van der Waals surface area contributed by atoms with Gasteiger partial charge in [-0.3, -0.25) is 0 Å². The fourth-order valence-corrected chi connectivity index (χ4v) is 2.86. The van der Waals surface area contributed by atoms with Crippen molar-refractivity contribution in [2.45, 2.75) is 31.6 Å². The van der Waals surface area contributed by atoms with Crippen LogP contribution in [0.1, 0.15) is 25.0 Å². The Morgan fingerprint density at radius 1 is 1.00 bits per heavy atom. The molecule has 5 heteroatoms. The van der Waals surface area contributed by atoms with Crippen molar-refractivity contribution >= 4 is 20.9 Å². The molecule has 2 aromatic rings. The number of hydrogen-bond acceptors (Lipinski definition) is 3. The summed E-state index contributed by atoms with van der Waals surface area (Å²) >= 11 is 0. The van der Waals surface area contributed by atoms with Crippen LogP contribution in [0.5, 0.6) is 0 Å². The zero-order valence-electron chi connectivity index (χ0n) is 11.4. The second-order valence-corrected chi connectivity index (χ2v) is 5.61. The molecule has 0 aliphatic carbocycles. The third-order valence-corrected chi connectivity index (χ3v) is 4.08. The Hall–Kier alpha value is -0.390. The molecule has 0 aliphatic rings. The standard InChI is InChI=1S/C14H16O3S.Na/c1-3-10-5-7-12-13(9-10)11(4-2)6-8-14(12)18(15,16)17;/h5-9H,3-4H2,1-2H3,(H,15,16,17);/q;+1/p-1. The van der Waals surface area contributed by atoms with Gasteiger partial charge >= 0.3 is 29.6 Å². The molecule has 0 radical (unpaired) electrons. The molecule has 0 heterocycles. The molecule has 0 fully saturated rings. The molecule has 19 heavy (non-hydrogen) atoms. The van der Waals surface area contributed by atoms with E-state index in [-0.39, 0.29) is 34.5 Å². The fraction of sp³-hybridized carbons (Fsp3) is 0.286. The molecule has 0 aromatic heterocycles. The normalized spacial score (nSPS) is 11.3. The Morgan fingerprint density at radius 3 is 2.21 bits per heavy atom. The van der Waals surface area contributed by atoms with Gasteiger partial charge in [-0.25, -0.2) is 8.42 Å². The number of hydrogen-bond donors (Lipinski definition) is 0. The van der Waals surface area contributed by atoms with Crippen LogP contribution in [0, 0.1) is 0 Å². The van der Waals surface area contributed by atoms with Crippen LogP contribution in [0.25, 0.3) is 10.8 Å². The summed E-state index contributed by atoms with van der Waals surface area (Å²) in [6.45, 7) is 4.06. The summed E-state index contributed by atoms with van der Waals surface area (Å²) < 4.78 is 33.7. The molecule has 96 valence electrons. The molecule has 2 rings (SSSR count). The monoisotopic (exact) mass is 286 g/mol. The van der Waals surface area contributed by atoms with Crippen LogP contribution < -0.4 is 29.6 Å². The smallest absolute Gasteiger partial charge is 0.744 e. The average molecular weight is 286 g/mol. The van der Waals surface area contributed by atoms with E-state index in [2.05, 4.69) is 0 Å². The van der Waals surface area contributed by atoms with Crippen molar-refractivity contribution in [1.29, 1.82) is 0 Å². The summed E-state index contributed by atoms with van der Waals surface area (Å²) in [5, 5.41) is 1.40. The number of fused-ring (bicyclic) bond motifs is 1. The minimum absolute atomic E-state index is 0. The molecule has 0 amide bonds. The predicted molar refractivity (Wildman–Crippen MR) is 70.7 cm³/mol. The first kappa shape index (κ1) is 16.7. The van der Waals surface area contributed by atoms with Gasteiger partial charge in [-0.2, -0.15) is 0 Å². The van der Waals surface area contributed by atoms with Crippen LogP contribution in [0.3, 0.4) is 0 Å². The summed E-state index contributed by atoms with van der Waals surface area (Å²) in [6.07, 6.45) is 1.69. The van der Waals surface area contributed by atoms with Gasteiger partial charge in [0.1, 0.15) is 10.1 Å². The summed E-state index contributed by atoms with van der Waals surface area (Å²) in [5.74, 6) is 0. The maximum absolute atomic E-state index is 11.2. The first-order valence-electron chi connectivity index (χ1n) is 5.97. The van der Waals surface area contributed by atoms with Gasteiger partial charge in [-0.05, 0) is 40.8 Å². The van der Waals surface area contributed by atoms with Gasteiger partial charge in [0.2, 0.25) is 0 Å². The Balaban J connectivity index is 0.00000180. The Morgan fingerprint density at radius 2 is 1.68 bits per heavy atom. The van der Waals surface area contributed by atoms with Crippen molar-refractivity contribution in [2.24, 2.45) is 0 Å². The molecule has 3 nitrogen and oxygen atoms in total. The second kappa shape index (κ2) is 6.37. The summed E-state index contributed by atoms with van der Waals surface area (Å²) in [7, 11) is -4.42. The SMILES string of the molecule is CCc1ccc2c(S(=O)(=O)[O-])ccc(CC)c2c1.[Na+]. The van der Waals surface area contributed by atoms with Crippen LogP contribution in [-0.2, 0) is 23.0 Å². The summed E-state index contributed by atoms with van der Waals surface area (Å²) in [5.41, 5.74) is 2.20. The minimum Gasteiger partial charge on any atom is -0.744 e. The van der Waals surface area contributed by atoms with E-state index in [9.17, 15) is 13.0 Å². The van der Waals surface area contributed by atoms with Crippen molar-refractivity contribution in [3.8, 4) is 0 Å². The van der Waals surface area contributed by atoms with Gasteiger partial charge in [0.15, 0.2) is 0 Å². The summed E-state index contributed by atoms with van der Waals surface area (Å²) in [4.78, 5) is -0.127. The second-order valence-electron chi connectivity index (χ2n) is 4.26. The van der Waals surface area contributed by atoms with E-state index in [1.54, 1.807) is 12.1 Å². The van der Waals surface area contributed by atoms with Crippen molar-refractivity contribution in [3.63, 3.8) is 0 Å². The molecule has 0 aliphatic heterocycles. The van der Waals surface area contributed by atoms with E-state index in [0.29, 0.717) is 5.39 Å². The molecule has 0 N–H and O–H groups in total. The molecule has 0 saturated heterocycles. The minimum atomic E-state index is -4.42. The van der Waals surface area contributed by atoms with Gasteiger partial charge in [0.25, 0.3) is 0 Å². The summed E-state index contributed by atoms with van der Waals surface area (Å²) in [6, 6.07) is 8.72. The molecule has 0 spiro atoms. The van der Waals surface area contributed by atoms with Gasteiger partial charge in [-0.1, -0.05) is 38.1 Å². The number of rotatable bonds is 3. The molecular weight excluding hydrogens is 271 g/mol. The Bertz CT molecular complexity index is 693. The van der Waals surface area contributed by atoms with E-state index in [0.717, 1.165) is 29.4 Å². The molecule has 0 saturated carbocycles. The van der Waals surface area contributed by atoms with Crippen LogP contribution in [0.4, 0.5) is 0 Å². The third kappa shape index (κ3) is 3.38. The third-order valence-electron chi connectivity index (χ3n) is 3.19. The molecule has 2 aromatic carbocycles. The van der Waals surface area contributed by atoms with Crippen molar-refractivity contribution in [2.75, 3.05) is 0 Å². The first-order valence-corrected chi connectivity index (χ1v) is 7.38. The maximum Gasteiger partial charge on any atom is 1.00 e. The largest absolute Gasteiger partial charge is 1.00 e. The average Bonchev–Trinajstić information content (AvgIpc) is 2.35. The topological polar surface area (TPSA) is 57.2 Å². The first-order chi connectivity index (χ1) is 8.47. The molecule has 0 bridgehead atoms. The van der Waals surface area contributed by atoms with Crippen molar-refractivity contribution in [3.05, 3.63) is 41.5 Å². The van der Waals surface area contributed by atoms with Gasteiger partial charge in [0, 0.05) is 0 Å². The predicted octanol–water partition coefficient (Wildman–Crippen LogP) is -0.127. The molecular formula is C14H15NaO3S. The van der Waals surface area contributed by atoms with Gasteiger partial charge in [0.05, 0.1) is 4.90 Å². The zero-order valence-corrected chi connectivity index (χ0v) is 14.3. The van der Waals surface area contributed by atoms with Crippen LogP contribution >= 0.6 is 0 Å². The van der Waals surface area contributed by atoms with Crippen molar-refractivity contribution in [1.82, 2.24) is 0 Å². The van der Waals surface area contributed by atoms with E-state index in [1.807, 2.05) is 26.0 Å². The maximum atomic E-state index is 11.2. The van der Waals surface area contributed by atoms with E-state index in [4.69, 9.17) is 0 Å². The zero-order chi connectivity index (χ0) is 13.3. The number of benzene rings is 2. The van der Waals surface area contributed by atoms with Crippen LogP contribution in [-0.4, -0.2) is 13.0 Å². The van der Waals surface area contributed by atoms with E-state index >= 15 is 0 Å². The van der Waals surface area contributed by atoms with Crippen LogP contribution in [0.15, 0.2) is 35.2 Å². The Kier molecular flexibility index (Phi) is 5.59. The van der Waals surface area contributed by atoms with Gasteiger partial charge in [-0.15, -0.1) is 0 Å². The van der Waals surface area contributed by atoms with E-state index < -0.39 is 10.1 Å².